The van der Waals surface area contributed by atoms with Crippen LogP contribution in [0.4, 0.5) is 0 Å². The van der Waals surface area contributed by atoms with Crippen molar-refractivity contribution in [1.82, 2.24) is 15.2 Å². The van der Waals surface area contributed by atoms with Crippen LogP contribution in [0.25, 0.3) is 32.4 Å². The van der Waals surface area contributed by atoms with Gasteiger partial charge in [0.25, 0.3) is 0 Å². The minimum absolute atomic E-state index is 0.353. The minimum atomic E-state index is -0.883. The Bertz CT molecular complexity index is 1140. The molecule has 1 aliphatic rings. The molecule has 3 aromatic heterocycles. The molecule has 0 spiro atoms. The molecule has 1 aromatic carbocycles. The molecule has 2 N–H and O–H groups in total. The number of aromatic carboxylic acids is 1. The first-order chi connectivity index (χ1) is 12.2. The molecule has 5 rings (SSSR count). The third-order valence-corrected chi connectivity index (χ3v) is 6.02. The van der Waals surface area contributed by atoms with Crippen LogP contribution in [-0.2, 0) is 12.8 Å². The molecule has 0 bridgehead atoms. The van der Waals surface area contributed by atoms with Gasteiger partial charge in [-0.3, -0.25) is 5.10 Å². The van der Waals surface area contributed by atoms with E-state index in [2.05, 4.69) is 10.2 Å². The topological polar surface area (TPSA) is 78.9 Å². The lowest BCUT2D eigenvalue weighted by Gasteiger charge is -2.21. The van der Waals surface area contributed by atoms with E-state index in [4.69, 9.17) is 4.98 Å². The SMILES string of the molecule is O=C(O)c1ccc(-c2nc3ccc4[nH]ncc4c3c3c2CCCC3)s1. The molecule has 1 aliphatic carbocycles. The van der Waals surface area contributed by atoms with E-state index in [0.29, 0.717) is 4.88 Å². The fraction of sp³-hybridized carbons (Fsp3) is 0.211. The highest BCUT2D eigenvalue weighted by Crippen LogP contribution is 2.39. The zero-order valence-electron chi connectivity index (χ0n) is 13.4. The van der Waals surface area contributed by atoms with Gasteiger partial charge in [0.2, 0.25) is 0 Å². The molecule has 0 saturated heterocycles. The number of benzene rings is 1. The second-order valence-electron chi connectivity index (χ2n) is 6.38. The molecule has 0 amide bonds. The first kappa shape index (κ1) is 14.6. The van der Waals surface area contributed by atoms with Gasteiger partial charge in [0.1, 0.15) is 4.88 Å². The van der Waals surface area contributed by atoms with E-state index in [1.54, 1.807) is 6.07 Å². The summed E-state index contributed by atoms with van der Waals surface area (Å²) in [6.07, 6.45) is 6.21. The molecule has 4 aromatic rings. The second-order valence-corrected chi connectivity index (χ2v) is 7.47. The number of thiophene rings is 1. The number of fused-ring (bicyclic) bond motifs is 5. The summed E-state index contributed by atoms with van der Waals surface area (Å²) in [7, 11) is 0. The van der Waals surface area contributed by atoms with Crippen LogP contribution in [0.5, 0.6) is 0 Å². The highest BCUT2D eigenvalue weighted by molar-refractivity contribution is 7.17. The summed E-state index contributed by atoms with van der Waals surface area (Å²) in [6.45, 7) is 0. The Labute approximate surface area is 147 Å². The Morgan fingerprint density at radius 3 is 2.76 bits per heavy atom. The van der Waals surface area contributed by atoms with E-state index in [0.717, 1.165) is 46.3 Å². The Hall–Kier alpha value is -2.73. The van der Waals surface area contributed by atoms with Gasteiger partial charge in [0.15, 0.2) is 0 Å². The van der Waals surface area contributed by atoms with Crippen LogP contribution in [0, 0.1) is 0 Å². The number of nitrogens with one attached hydrogen (secondary N) is 1. The first-order valence-electron chi connectivity index (χ1n) is 8.33. The predicted octanol–water partition coefficient (Wildman–Crippen LogP) is 4.42. The third-order valence-electron chi connectivity index (χ3n) is 4.94. The molecular formula is C19H15N3O2S. The maximum Gasteiger partial charge on any atom is 0.345 e. The molecule has 6 heteroatoms. The van der Waals surface area contributed by atoms with Gasteiger partial charge in [-0.1, -0.05) is 0 Å². The molecular weight excluding hydrogens is 334 g/mol. The van der Waals surface area contributed by atoms with Crippen molar-refractivity contribution in [2.24, 2.45) is 0 Å². The smallest absolute Gasteiger partial charge is 0.345 e. The summed E-state index contributed by atoms with van der Waals surface area (Å²) in [5, 5.41) is 18.8. The van der Waals surface area contributed by atoms with Gasteiger partial charge in [-0.05, 0) is 61.1 Å². The van der Waals surface area contributed by atoms with E-state index >= 15 is 0 Å². The van der Waals surface area contributed by atoms with Crippen molar-refractivity contribution >= 4 is 39.1 Å². The normalized spacial score (nSPS) is 14.1. The number of nitrogens with zero attached hydrogens (tertiary/aromatic N) is 2. The Morgan fingerprint density at radius 1 is 1.12 bits per heavy atom. The van der Waals surface area contributed by atoms with Crippen molar-refractivity contribution in [2.75, 3.05) is 0 Å². The van der Waals surface area contributed by atoms with Crippen molar-refractivity contribution in [1.29, 1.82) is 0 Å². The van der Waals surface area contributed by atoms with Crippen LogP contribution in [0.3, 0.4) is 0 Å². The van der Waals surface area contributed by atoms with Gasteiger partial charge in [-0.15, -0.1) is 11.3 Å². The van der Waals surface area contributed by atoms with E-state index in [1.807, 2.05) is 24.4 Å². The second kappa shape index (κ2) is 5.39. The molecule has 5 nitrogen and oxygen atoms in total. The largest absolute Gasteiger partial charge is 0.477 e. The maximum absolute atomic E-state index is 11.2. The van der Waals surface area contributed by atoms with Crippen molar-refractivity contribution in [2.45, 2.75) is 25.7 Å². The molecule has 3 heterocycles. The zero-order valence-corrected chi connectivity index (χ0v) is 14.2. The number of carboxylic acid groups (broad SMARTS) is 1. The number of hydrogen-bond donors (Lipinski definition) is 2. The lowest BCUT2D eigenvalue weighted by atomic mass is 9.86. The number of carbonyl (C=O) groups is 1. The molecule has 124 valence electrons. The minimum Gasteiger partial charge on any atom is -0.477 e. The van der Waals surface area contributed by atoms with Crippen molar-refractivity contribution in [3.63, 3.8) is 0 Å². The lowest BCUT2D eigenvalue weighted by molar-refractivity contribution is 0.0702. The molecule has 25 heavy (non-hydrogen) atoms. The molecule has 0 atom stereocenters. The summed E-state index contributed by atoms with van der Waals surface area (Å²) >= 11 is 1.30. The van der Waals surface area contributed by atoms with Gasteiger partial charge in [0.05, 0.1) is 27.8 Å². The Balaban J connectivity index is 1.84. The summed E-state index contributed by atoms with van der Waals surface area (Å²) in [5.41, 5.74) is 5.55. The average molecular weight is 349 g/mol. The number of aryl methyl sites for hydroxylation is 1. The average Bonchev–Trinajstić information content (AvgIpc) is 3.30. The number of hydrogen-bond acceptors (Lipinski definition) is 4. The van der Waals surface area contributed by atoms with E-state index in [9.17, 15) is 9.90 Å². The zero-order chi connectivity index (χ0) is 17.0. The Morgan fingerprint density at radius 2 is 1.96 bits per heavy atom. The van der Waals surface area contributed by atoms with Gasteiger partial charge in [0, 0.05) is 10.8 Å². The summed E-state index contributed by atoms with van der Waals surface area (Å²) in [6, 6.07) is 7.59. The van der Waals surface area contributed by atoms with Crippen LogP contribution < -0.4 is 0 Å². The quantitative estimate of drug-likeness (QED) is 0.561. The van der Waals surface area contributed by atoms with Gasteiger partial charge in [-0.25, -0.2) is 9.78 Å². The number of aromatic nitrogens is 3. The number of aromatic amines is 1. The van der Waals surface area contributed by atoms with Crippen molar-refractivity contribution < 1.29 is 9.90 Å². The van der Waals surface area contributed by atoms with Crippen molar-refractivity contribution in [3.05, 3.63) is 46.5 Å². The summed E-state index contributed by atoms with van der Waals surface area (Å²) in [4.78, 5) is 17.5. The lowest BCUT2D eigenvalue weighted by Crippen LogP contribution is -2.07. The van der Waals surface area contributed by atoms with E-state index < -0.39 is 5.97 Å². The number of pyridine rings is 1. The molecule has 0 saturated carbocycles. The maximum atomic E-state index is 11.2. The predicted molar refractivity (Wildman–Crippen MR) is 98.3 cm³/mol. The molecule has 0 aliphatic heterocycles. The van der Waals surface area contributed by atoms with Crippen LogP contribution in [0.15, 0.2) is 30.5 Å². The molecule has 0 fully saturated rings. The number of carboxylic acids is 1. The van der Waals surface area contributed by atoms with Crippen molar-refractivity contribution in [3.8, 4) is 10.6 Å². The molecule has 0 radical (unpaired) electrons. The van der Waals surface area contributed by atoms with Crippen LogP contribution in [0.1, 0.15) is 33.6 Å². The highest BCUT2D eigenvalue weighted by atomic mass is 32.1. The standard InChI is InChI=1S/C19H15N3O2S/c23-19(24)16-8-7-15(25-16)18-11-4-2-1-3-10(11)17-12-9-20-22-13(12)5-6-14(17)21-18/h5-9H,1-4H2,(H,20,22)(H,23,24). The van der Waals surface area contributed by atoms with Crippen LogP contribution in [0.2, 0.25) is 0 Å². The Kier molecular flexibility index (Phi) is 3.15. The fourth-order valence-electron chi connectivity index (χ4n) is 3.83. The van der Waals surface area contributed by atoms with E-state index in [1.165, 1.54) is 34.3 Å². The molecule has 0 unspecified atom stereocenters. The monoisotopic (exact) mass is 349 g/mol. The van der Waals surface area contributed by atoms with Gasteiger partial charge >= 0.3 is 5.97 Å². The van der Waals surface area contributed by atoms with E-state index in [-0.39, 0.29) is 0 Å². The van der Waals surface area contributed by atoms with Crippen LogP contribution >= 0.6 is 11.3 Å². The number of rotatable bonds is 2. The summed E-state index contributed by atoms with van der Waals surface area (Å²) < 4.78 is 0. The fourth-order valence-corrected chi connectivity index (χ4v) is 4.69. The first-order valence-corrected chi connectivity index (χ1v) is 9.15. The van der Waals surface area contributed by atoms with Gasteiger partial charge < -0.3 is 5.11 Å². The highest BCUT2D eigenvalue weighted by Gasteiger charge is 2.22. The third kappa shape index (κ3) is 2.17. The number of H-pyrrole nitrogens is 1. The summed E-state index contributed by atoms with van der Waals surface area (Å²) in [5.74, 6) is -0.883. The van der Waals surface area contributed by atoms with Crippen LogP contribution in [-0.4, -0.2) is 26.3 Å². The van der Waals surface area contributed by atoms with Gasteiger partial charge in [-0.2, -0.15) is 5.10 Å².